The summed E-state index contributed by atoms with van der Waals surface area (Å²) >= 11 is 3.61. The standard InChI is InChI=1S/C44H25N3S2/c1-2-12-26(13-3-1)27-22-24-28(25-23-27)40-38-32-17-7-11-21-36(32)49-43(38)46-44(45-40)47-34-19-9-6-16-31(34)37-29-14-4-5-15-30(29)42-39(41(37)47)33-18-8-10-20-35(33)48-42/h1-25H. The van der Waals surface area contributed by atoms with Crippen LogP contribution in [0, 0.1) is 0 Å². The van der Waals surface area contributed by atoms with E-state index in [0.29, 0.717) is 5.95 Å². The van der Waals surface area contributed by atoms with Crippen LogP contribution in [0.4, 0.5) is 0 Å². The molecule has 0 spiro atoms. The Morgan fingerprint density at radius 3 is 1.76 bits per heavy atom. The van der Waals surface area contributed by atoms with E-state index in [4.69, 9.17) is 9.97 Å². The molecule has 0 amide bonds. The molecule has 228 valence electrons. The number of para-hydroxylation sites is 1. The normalized spacial score (nSPS) is 12.1. The summed E-state index contributed by atoms with van der Waals surface area (Å²) < 4.78 is 6.13. The van der Waals surface area contributed by atoms with E-state index in [-0.39, 0.29) is 0 Å². The van der Waals surface area contributed by atoms with Crippen LogP contribution in [0.2, 0.25) is 0 Å². The molecule has 11 rings (SSSR count). The molecule has 0 N–H and O–H groups in total. The SMILES string of the molecule is c1ccc(-c2ccc(-c3nc(-n4c5ccccc5c5c6ccccc6c6sc7ccccc7c6c54)nc4sc5ccccc5c34)cc2)cc1. The third kappa shape index (κ3) is 3.88. The number of hydrogen-bond donors (Lipinski definition) is 0. The van der Waals surface area contributed by atoms with Gasteiger partial charge in [0, 0.05) is 57.4 Å². The molecule has 0 aliphatic carbocycles. The summed E-state index contributed by atoms with van der Waals surface area (Å²) in [5.74, 6) is 0.694. The van der Waals surface area contributed by atoms with Crippen molar-refractivity contribution in [3.8, 4) is 28.3 Å². The summed E-state index contributed by atoms with van der Waals surface area (Å²) in [5.41, 5.74) is 6.69. The first kappa shape index (κ1) is 27.1. The molecule has 0 atom stereocenters. The molecule has 0 fully saturated rings. The molecule has 4 aromatic heterocycles. The Labute approximate surface area is 289 Å². The maximum absolute atomic E-state index is 5.55. The quantitative estimate of drug-likeness (QED) is 0.189. The fourth-order valence-corrected chi connectivity index (χ4v) is 10.0. The van der Waals surface area contributed by atoms with Gasteiger partial charge in [-0.25, -0.2) is 9.97 Å². The predicted molar refractivity (Wildman–Crippen MR) is 211 cm³/mol. The molecule has 5 heteroatoms. The highest BCUT2D eigenvalue weighted by molar-refractivity contribution is 7.27. The second-order valence-electron chi connectivity index (χ2n) is 12.5. The smallest absolute Gasteiger partial charge is 0.236 e. The summed E-state index contributed by atoms with van der Waals surface area (Å²) in [5, 5.41) is 9.82. The van der Waals surface area contributed by atoms with Gasteiger partial charge in [-0.05, 0) is 34.7 Å². The molecule has 11 aromatic rings. The van der Waals surface area contributed by atoms with Crippen molar-refractivity contribution in [1.82, 2.24) is 14.5 Å². The van der Waals surface area contributed by atoms with Crippen LogP contribution >= 0.6 is 22.7 Å². The lowest BCUT2D eigenvalue weighted by atomic mass is 10.00. The van der Waals surface area contributed by atoms with Crippen LogP contribution in [0.25, 0.3) is 101 Å². The second-order valence-corrected chi connectivity index (χ2v) is 14.6. The minimum Gasteiger partial charge on any atom is -0.277 e. The van der Waals surface area contributed by atoms with Gasteiger partial charge < -0.3 is 0 Å². The number of rotatable bonds is 3. The zero-order valence-corrected chi connectivity index (χ0v) is 27.7. The van der Waals surface area contributed by atoms with Crippen molar-refractivity contribution < 1.29 is 0 Å². The van der Waals surface area contributed by atoms with E-state index in [0.717, 1.165) is 32.5 Å². The van der Waals surface area contributed by atoms with Crippen molar-refractivity contribution in [3.05, 3.63) is 152 Å². The van der Waals surface area contributed by atoms with Crippen LogP contribution in [-0.2, 0) is 0 Å². The van der Waals surface area contributed by atoms with Gasteiger partial charge in [0.15, 0.2) is 0 Å². The number of aromatic nitrogens is 3. The van der Waals surface area contributed by atoms with Crippen LogP contribution < -0.4 is 0 Å². The minimum absolute atomic E-state index is 0.694. The summed E-state index contributed by atoms with van der Waals surface area (Å²) in [4.78, 5) is 12.0. The Bertz CT molecular complexity index is 3090. The summed E-state index contributed by atoms with van der Waals surface area (Å²) in [7, 11) is 0. The monoisotopic (exact) mass is 659 g/mol. The van der Waals surface area contributed by atoms with Crippen molar-refractivity contribution >= 4 is 95.7 Å². The van der Waals surface area contributed by atoms with E-state index in [2.05, 4.69) is 156 Å². The third-order valence-electron chi connectivity index (χ3n) is 9.84. The highest BCUT2D eigenvalue weighted by Crippen LogP contribution is 2.48. The number of nitrogens with zero attached hydrogens (tertiary/aromatic N) is 3. The van der Waals surface area contributed by atoms with Gasteiger partial charge in [0.1, 0.15) is 4.83 Å². The fraction of sp³-hybridized carbons (Fsp3) is 0. The van der Waals surface area contributed by atoms with Crippen molar-refractivity contribution in [3.63, 3.8) is 0 Å². The first-order valence-electron chi connectivity index (χ1n) is 16.4. The maximum atomic E-state index is 5.55. The van der Waals surface area contributed by atoms with Gasteiger partial charge in [0.25, 0.3) is 0 Å². The average molecular weight is 660 g/mol. The van der Waals surface area contributed by atoms with Crippen LogP contribution in [0.5, 0.6) is 0 Å². The van der Waals surface area contributed by atoms with Gasteiger partial charge in [-0.15, -0.1) is 22.7 Å². The molecule has 0 bridgehead atoms. The summed E-state index contributed by atoms with van der Waals surface area (Å²) in [6.07, 6.45) is 0. The Balaban J connectivity index is 1.29. The lowest BCUT2D eigenvalue weighted by molar-refractivity contribution is 1.02. The molecular weight excluding hydrogens is 635 g/mol. The highest BCUT2D eigenvalue weighted by Gasteiger charge is 2.24. The maximum Gasteiger partial charge on any atom is 0.236 e. The van der Waals surface area contributed by atoms with Crippen molar-refractivity contribution in [1.29, 1.82) is 0 Å². The Hall–Kier alpha value is -5.88. The average Bonchev–Trinajstić information content (AvgIpc) is 3.85. The number of hydrogen-bond acceptors (Lipinski definition) is 4. The first-order chi connectivity index (χ1) is 24.3. The Morgan fingerprint density at radius 1 is 0.408 bits per heavy atom. The number of thiophene rings is 2. The van der Waals surface area contributed by atoms with E-state index in [1.165, 1.54) is 62.9 Å². The zero-order valence-electron chi connectivity index (χ0n) is 26.1. The van der Waals surface area contributed by atoms with E-state index in [9.17, 15) is 0 Å². The fourth-order valence-electron chi connectivity index (χ4n) is 7.70. The van der Waals surface area contributed by atoms with Gasteiger partial charge >= 0.3 is 0 Å². The van der Waals surface area contributed by atoms with Crippen LogP contribution in [-0.4, -0.2) is 14.5 Å². The van der Waals surface area contributed by atoms with Gasteiger partial charge in [-0.1, -0.05) is 133 Å². The van der Waals surface area contributed by atoms with Gasteiger partial charge in [-0.2, -0.15) is 0 Å². The molecule has 0 saturated carbocycles. The van der Waals surface area contributed by atoms with Crippen molar-refractivity contribution in [2.45, 2.75) is 0 Å². The number of fused-ring (bicyclic) bond motifs is 13. The van der Waals surface area contributed by atoms with Crippen LogP contribution in [0.15, 0.2) is 152 Å². The molecule has 0 aliphatic rings. The zero-order chi connectivity index (χ0) is 32.1. The molecular formula is C44H25N3S2. The highest BCUT2D eigenvalue weighted by atomic mass is 32.1. The minimum atomic E-state index is 0.694. The molecule has 0 unspecified atom stereocenters. The second kappa shape index (κ2) is 10.3. The molecule has 0 saturated heterocycles. The van der Waals surface area contributed by atoms with E-state index < -0.39 is 0 Å². The van der Waals surface area contributed by atoms with E-state index in [1.807, 2.05) is 11.3 Å². The summed E-state index contributed by atoms with van der Waals surface area (Å²) in [6, 6.07) is 54.4. The topological polar surface area (TPSA) is 30.7 Å². The van der Waals surface area contributed by atoms with Crippen molar-refractivity contribution in [2.24, 2.45) is 0 Å². The molecule has 0 aliphatic heterocycles. The largest absolute Gasteiger partial charge is 0.277 e. The number of benzene rings is 7. The molecule has 7 aromatic carbocycles. The Kier molecular flexibility index (Phi) is 5.70. The predicted octanol–water partition coefficient (Wildman–Crippen LogP) is 12.8. The molecule has 4 heterocycles. The third-order valence-corrected chi connectivity index (χ3v) is 12.1. The summed E-state index contributed by atoms with van der Waals surface area (Å²) in [6.45, 7) is 0. The first-order valence-corrected chi connectivity index (χ1v) is 18.1. The van der Waals surface area contributed by atoms with Gasteiger partial charge in [0.2, 0.25) is 5.95 Å². The molecule has 0 radical (unpaired) electrons. The van der Waals surface area contributed by atoms with Crippen LogP contribution in [0.1, 0.15) is 0 Å². The molecule has 49 heavy (non-hydrogen) atoms. The van der Waals surface area contributed by atoms with E-state index >= 15 is 0 Å². The van der Waals surface area contributed by atoms with Crippen molar-refractivity contribution in [2.75, 3.05) is 0 Å². The van der Waals surface area contributed by atoms with Crippen LogP contribution in [0.3, 0.4) is 0 Å². The van der Waals surface area contributed by atoms with Gasteiger partial charge in [0.05, 0.1) is 16.7 Å². The van der Waals surface area contributed by atoms with Gasteiger partial charge in [-0.3, -0.25) is 4.57 Å². The molecule has 3 nitrogen and oxygen atoms in total. The lowest BCUT2D eigenvalue weighted by Gasteiger charge is -2.12. The Morgan fingerprint density at radius 2 is 0.980 bits per heavy atom. The van der Waals surface area contributed by atoms with E-state index in [1.54, 1.807) is 11.3 Å². The lowest BCUT2D eigenvalue weighted by Crippen LogP contribution is -2.03.